The van der Waals surface area contributed by atoms with Crippen molar-refractivity contribution >= 4 is 54.5 Å². The van der Waals surface area contributed by atoms with Gasteiger partial charge in [-0.1, -0.05) is 118 Å². The number of ketones is 1. The second-order valence-electron chi connectivity index (χ2n) is 15.3. The van der Waals surface area contributed by atoms with E-state index in [1.54, 1.807) is 0 Å². The molecule has 7 heteroatoms. The second kappa shape index (κ2) is 15.8. The Kier molecular flexibility index (Phi) is 11.4. The number of allylic oxidation sites excluding steroid dienone is 8. The molecule has 4 aromatic rings. The summed E-state index contributed by atoms with van der Waals surface area (Å²) in [7, 11) is -4.25. The molecule has 2 heterocycles. The van der Waals surface area contributed by atoms with Gasteiger partial charge in [0.1, 0.15) is 12.3 Å². The summed E-state index contributed by atoms with van der Waals surface area (Å²) in [6, 6.07) is 25.8. The van der Waals surface area contributed by atoms with Gasteiger partial charge in [-0.3, -0.25) is 4.79 Å². The van der Waals surface area contributed by atoms with E-state index in [4.69, 9.17) is 0 Å². The van der Waals surface area contributed by atoms with Crippen molar-refractivity contribution in [2.45, 2.75) is 84.0 Å². The molecule has 6 nitrogen and oxygen atoms in total. The Bertz CT molecular complexity index is 2290. The van der Waals surface area contributed by atoms with E-state index in [2.05, 4.69) is 134 Å². The van der Waals surface area contributed by atoms with Gasteiger partial charge >= 0.3 is 0 Å². The molecular formula is C46H52N2O4S. The maximum atomic E-state index is 12.0. The SMILES string of the molecule is CCC(=O)CCCCN1/C(=C/C=C/C=C/C=C/C2=[N+](CCCCS(=O)(=O)[O-])c3c(ccc4ccccc34)C2(C)C)C(C)(C)c2ccc3ccccc3c21. The molecule has 0 saturated carbocycles. The molecule has 276 valence electrons. The molecule has 0 atom stereocenters. The van der Waals surface area contributed by atoms with Crippen LogP contribution in [0.5, 0.6) is 0 Å². The molecule has 53 heavy (non-hydrogen) atoms. The first-order valence-corrected chi connectivity index (χ1v) is 20.6. The Morgan fingerprint density at radius 2 is 1.40 bits per heavy atom. The molecule has 2 aliphatic rings. The first-order chi connectivity index (χ1) is 25.3. The van der Waals surface area contributed by atoms with Crippen LogP contribution in [-0.2, 0) is 25.7 Å². The zero-order chi connectivity index (χ0) is 37.8. The van der Waals surface area contributed by atoms with Crippen LogP contribution in [0.4, 0.5) is 11.4 Å². The highest BCUT2D eigenvalue weighted by atomic mass is 32.2. The quantitative estimate of drug-likeness (QED) is 0.0527. The van der Waals surface area contributed by atoms with Crippen molar-refractivity contribution < 1.29 is 22.3 Å². The van der Waals surface area contributed by atoms with E-state index in [0.29, 0.717) is 38.0 Å². The third-order valence-electron chi connectivity index (χ3n) is 11.0. The van der Waals surface area contributed by atoms with Crippen LogP contribution < -0.4 is 4.90 Å². The molecule has 0 fully saturated rings. The van der Waals surface area contributed by atoms with Gasteiger partial charge in [0, 0.05) is 59.7 Å². The van der Waals surface area contributed by atoms with Crippen LogP contribution in [-0.4, -0.2) is 47.9 Å². The van der Waals surface area contributed by atoms with Gasteiger partial charge in [-0.2, -0.15) is 4.58 Å². The molecule has 2 aliphatic heterocycles. The van der Waals surface area contributed by atoms with Crippen LogP contribution in [0.2, 0.25) is 0 Å². The Hall–Kier alpha value is -4.59. The molecule has 0 saturated heterocycles. The first kappa shape index (κ1) is 38.1. The van der Waals surface area contributed by atoms with Crippen LogP contribution in [0.25, 0.3) is 21.5 Å². The van der Waals surface area contributed by atoms with Crippen LogP contribution in [0.3, 0.4) is 0 Å². The van der Waals surface area contributed by atoms with Crippen molar-refractivity contribution in [1.29, 1.82) is 0 Å². The van der Waals surface area contributed by atoms with Crippen LogP contribution in [0, 0.1) is 0 Å². The number of hydrogen-bond acceptors (Lipinski definition) is 5. The molecule has 0 radical (unpaired) electrons. The molecule has 0 N–H and O–H groups in total. The lowest BCUT2D eigenvalue weighted by Crippen LogP contribution is -2.28. The number of Topliss-reactive ketones (excluding diaryl/α,β-unsaturated/α-hetero) is 1. The van der Waals surface area contributed by atoms with E-state index < -0.39 is 10.1 Å². The number of nitrogens with zero attached hydrogens (tertiary/aromatic N) is 2. The van der Waals surface area contributed by atoms with Crippen molar-refractivity contribution in [3.8, 4) is 0 Å². The standard InChI is InChI=1S/C46H52N2O4S/c1-6-36(49)22-16-17-31-47-41(45(2,3)39-29-27-34-20-12-14-23-37(34)43(39)47)25-10-8-7-9-11-26-42-46(4,5)40-30-28-35-21-13-15-24-38(35)44(40)48(42)32-18-19-33-53(50,51)52/h7-15,20-21,23-30H,6,16-19,22,31-33H2,1-5H3. The summed E-state index contributed by atoms with van der Waals surface area (Å²) in [6.07, 6.45) is 18.7. The summed E-state index contributed by atoms with van der Waals surface area (Å²) < 4.78 is 36.2. The Morgan fingerprint density at radius 3 is 2.11 bits per heavy atom. The van der Waals surface area contributed by atoms with Gasteiger partial charge in [0.15, 0.2) is 5.71 Å². The van der Waals surface area contributed by atoms with E-state index in [0.717, 1.165) is 41.6 Å². The number of carbonyl (C=O) groups is 1. The third kappa shape index (κ3) is 8.02. The Labute approximate surface area is 315 Å². The van der Waals surface area contributed by atoms with Crippen LogP contribution >= 0.6 is 0 Å². The molecule has 0 spiro atoms. The lowest BCUT2D eigenvalue weighted by Gasteiger charge is -2.27. The number of rotatable bonds is 15. The maximum Gasteiger partial charge on any atom is 0.217 e. The molecule has 0 aromatic heterocycles. The minimum atomic E-state index is -4.25. The summed E-state index contributed by atoms with van der Waals surface area (Å²) in [6.45, 7) is 12.5. The molecule has 0 aliphatic carbocycles. The van der Waals surface area contributed by atoms with Gasteiger partial charge < -0.3 is 9.45 Å². The molecular weight excluding hydrogens is 677 g/mol. The number of anilines is 1. The number of carbonyl (C=O) groups excluding carboxylic acids is 1. The fourth-order valence-corrected chi connectivity index (χ4v) is 8.71. The molecule has 0 amide bonds. The van der Waals surface area contributed by atoms with Gasteiger partial charge in [-0.15, -0.1) is 0 Å². The average Bonchev–Trinajstić information content (AvgIpc) is 3.49. The van der Waals surface area contributed by atoms with E-state index in [1.807, 2.05) is 25.1 Å². The predicted molar refractivity (Wildman–Crippen MR) is 220 cm³/mol. The van der Waals surface area contributed by atoms with E-state index >= 15 is 0 Å². The molecule has 6 rings (SSSR count). The third-order valence-corrected chi connectivity index (χ3v) is 11.8. The number of unbranched alkanes of at least 4 members (excludes halogenated alkanes) is 2. The lowest BCUT2D eigenvalue weighted by atomic mass is 9.80. The Morgan fingerprint density at radius 1 is 0.755 bits per heavy atom. The van der Waals surface area contributed by atoms with E-state index in [-0.39, 0.29) is 16.6 Å². The fourth-order valence-electron chi connectivity index (χ4n) is 8.16. The maximum absolute atomic E-state index is 12.0. The summed E-state index contributed by atoms with van der Waals surface area (Å²) in [5.41, 5.74) is 6.92. The predicted octanol–water partition coefficient (Wildman–Crippen LogP) is 10.2. The summed E-state index contributed by atoms with van der Waals surface area (Å²) >= 11 is 0. The lowest BCUT2D eigenvalue weighted by molar-refractivity contribution is -0.436. The largest absolute Gasteiger partial charge is 0.748 e. The van der Waals surface area contributed by atoms with Gasteiger partial charge in [0.05, 0.1) is 26.6 Å². The first-order valence-electron chi connectivity index (χ1n) is 19.0. The number of hydrogen-bond donors (Lipinski definition) is 0. The van der Waals surface area contributed by atoms with Gasteiger partial charge in [0.2, 0.25) is 5.69 Å². The average molecular weight is 729 g/mol. The summed E-state index contributed by atoms with van der Waals surface area (Å²) in [5, 5.41) is 4.81. The zero-order valence-corrected chi connectivity index (χ0v) is 32.6. The fraction of sp³-hybridized carbons (Fsp3) is 0.348. The molecule has 4 aromatic carbocycles. The highest BCUT2D eigenvalue weighted by Gasteiger charge is 2.45. The van der Waals surface area contributed by atoms with Crippen molar-refractivity contribution in [2.75, 3.05) is 23.7 Å². The number of benzene rings is 4. The van der Waals surface area contributed by atoms with Gasteiger partial charge in [-0.25, -0.2) is 8.42 Å². The molecule has 0 unspecified atom stereocenters. The summed E-state index contributed by atoms with van der Waals surface area (Å²) in [5.74, 6) is -0.0214. The molecule has 0 bridgehead atoms. The van der Waals surface area contributed by atoms with Crippen molar-refractivity contribution in [1.82, 2.24) is 0 Å². The van der Waals surface area contributed by atoms with Gasteiger partial charge in [-0.05, 0) is 61.6 Å². The van der Waals surface area contributed by atoms with Crippen molar-refractivity contribution in [3.05, 3.63) is 132 Å². The highest BCUT2D eigenvalue weighted by molar-refractivity contribution is 7.85. The van der Waals surface area contributed by atoms with E-state index in [9.17, 15) is 17.8 Å². The zero-order valence-electron chi connectivity index (χ0n) is 31.8. The smallest absolute Gasteiger partial charge is 0.217 e. The van der Waals surface area contributed by atoms with Crippen LogP contribution in [0.1, 0.15) is 84.3 Å². The van der Waals surface area contributed by atoms with Gasteiger partial charge in [0.25, 0.3) is 0 Å². The van der Waals surface area contributed by atoms with Crippen LogP contribution in [0.15, 0.2) is 121 Å². The van der Waals surface area contributed by atoms with E-state index in [1.165, 1.54) is 33.3 Å². The normalized spacial score (nSPS) is 17.4. The topological polar surface area (TPSA) is 80.5 Å². The minimum Gasteiger partial charge on any atom is -0.748 e. The van der Waals surface area contributed by atoms with Crippen molar-refractivity contribution in [3.63, 3.8) is 0 Å². The monoisotopic (exact) mass is 728 g/mol. The number of fused-ring (bicyclic) bond motifs is 6. The highest BCUT2D eigenvalue weighted by Crippen LogP contribution is 2.51. The summed E-state index contributed by atoms with van der Waals surface area (Å²) in [4.78, 5) is 14.5. The minimum absolute atomic E-state index is 0.183. The second-order valence-corrected chi connectivity index (χ2v) is 16.8. The van der Waals surface area contributed by atoms with Crippen molar-refractivity contribution in [2.24, 2.45) is 0 Å². The Balaban J connectivity index is 1.26.